The van der Waals surface area contributed by atoms with Crippen LogP contribution in [0.3, 0.4) is 0 Å². The molecule has 2 saturated carbocycles. The fourth-order valence-corrected chi connectivity index (χ4v) is 10.9. The number of anilines is 1. The van der Waals surface area contributed by atoms with Crippen LogP contribution in [0.2, 0.25) is 0 Å². The normalized spacial score (nSPS) is 29.7. The van der Waals surface area contributed by atoms with Crippen LogP contribution in [0.5, 0.6) is 17.6 Å². The number of rotatable bonds is 8. The zero-order valence-corrected chi connectivity index (χ0v) is 32.7. The molecule has 2 aliphatic carbocycles. The Kier molecular flexibility index (Phi) is 9.74. The molecule has 11 nitrogen and oxygen atoms in total. The minimum absolute atomic E-state index is 0.0237. The number of fused-ring (bicyclic) bond motifs is 3. The molecule has 5 aliphatic rings. The van der Waals surface area contributed by atoms with Gasteiger partial charge in [0.05, 0.1) is 40.1 Å². The van der Waals surface area contributed by atoms with Crippen LogP contribution >= 0.6 is 0 Å². The minimum Gasteiger partial charge on any atom is -0.508 e. The summed E-state index contributed by atoms with van der Waals surface area (Å²) in [5, 5.41) is 23.2. The number of aromatic nitrogens is 3. The first-order chi connectivity index (χ1) is 27.0. The van der Waals surface area contributed by atoms with Crippen molar-refractivity contribution in [1.29, 1.82) is 0 Å². The Balaban J connectivity index is 1.13. The van der Waals surface area contributed by atoms with Crippen LogP contribution in [0.4, 0.5) is 14.6 Å². The van der Waals surface area contributed by atoms with E-state index in [1.54, 1.807) is 13.0 Å². The van der Waals surface area contributed by atoms with Crippen molar-refractivity contribution in [3.05, 3.63) is 41.5 Å². The Bertz CT molecular complexity index is 2140. The third kappa shape index (κ3) is 6.52. The molecule has 5 fully saturated rings. The molecule has 3 aliphatic heterocycles. The largest absolute Gasteiger partial charge is 0.508 e. The lowest BCUT2D eigenvalue weighted by Gasteiger charge is -2.58. The molecule has 2 N–H and O–H groups in total. The molecule has 0 radical (unpaired) electrons. The molecule has 1 spiro atoms. The molecule has 2 aromatic carbocycles. The number of benzene rings is 2. The van der Waals surface area contributed by atoms with Crippen molar-refractivity contribution in [3.8, 4) is 28.9 Å². The number of phenolic OH excluding ortho intramolecular Hbond substituents is 1. The summed E-state index contributed by atoms with van der Waals surface area (Å²) in [5.74, 6) is -0.963. The highest BCUT2D eigenvalue weighted by atomic mass is 19.1. The van der Waals surface area contributed by atoms with Gasteiger partial charge in [0, 0.05) is 36.2 Å². The maximum absolute atomic E-state index is 17.4. The molecule has 2 aromatic heterocycles. The number of aliphatic hydroxyl groups is 1. The molecule has 3 saturated heterocycles. The zero-order chi connectivity index (χ0) is 38.8. The number of aromatic hydroxyl groups is 1. The second-order valence-electron chi connectivity index (χ2n) is 17.4. The van der Waals surface area contributed by atoms with E-state index in [9.17, 15) is 10.2 Å². The second-order valence-corrected chi connectivity index (χ2v) is 17.4. The van der Waals surface area contributed by atoms with Crippen molar-refractivity contribution in [2.45, 2.75) is 95.7 Å². The molecule has 9 rings (SSSR count). The average Bonchev–Trinajstić information content (AvgIpc) is 3.53. The fourth-order valence-electron chi connectivity index (χ4n) is 10.9. The number of halogens is 2. The van der Waals surface area contributed by atoms with Gasteiger partial charge < -0.3 is 34.1 Å². The van der Waals surface area contributed by atoms with Crippen molar-refractivity contribution < 1.29 is 37.9 Å². The number of hydrogen-bond acceptors (Lipinski definition) is 11. The van der Waals surface area contributed by atoms with Gasteiger partial charge in [-0.25, -0.2) is 13.8 Å². The van der Waals surface area contributed by atoms with Gasteiger partial charge in [0.15, 0.2) is 5.82 Å². The number of likely N-dealkylation sites (tertiary alicyclic amines) is 1. The number of phenols is 1. The highest BCUT2D eigenvalue weighted by Crippen LogP contribution is 2.55. The lowest BCUT2D eigenvalue weighted by molar-refractivity contribution is -0.125. The summed E-state index contributed by atoms with van der Waals surface area (Å²) >= 11 is 0. The fraction of sp³-hybridized carbons (Fsp3) is 0.605. The minimum atomic E-state index is -1.22. The van der Waals surface area contributed by atoms with Gasteiger partial charge in [-0.1, -0.05) is 19.4 Å². The maximum atomic E-state index is 17.4. The van der Waals surface area contributed by atoms with E-state index in [4.69, 9.17) is 28.9 Å². The number of aryl methyl sites for hydroxylation is 1. The van der Waals surface area contributed by atoms with Crippen molar-refractivity contribution in [3.63, 3.8) is 0 Å². The number of pyridine rings is 1. The van der Waals surface area contributed by atoms with Crippen LogP contribution in [0, 0.1) is 22.5 Å². The Morgan fingerprint density at radius 3 is 2.57 bits per heavy atom. The predicted molar refractivity (Wildman–Crippen MR) is 208 cm³/mol. The maximum Gasteiger partial charge on any atom is 0.319 e. The predicted octanol–water partition coefficient (Wildman–Crippen LogP) is 6.96. The van der Waals surface area contributed by atoms with Crippen LogP contribution in [-0.2, 0) is 15.9 Å². The third-order valence-corrected chi connectivity index (χ3v) is 13.5. The van der Waals surface area contributed by atoms with Gasteiger partial charge in [-0.05, 0) is 111 Å². The Morgan fingerprint density at radius 2 is 1.79 bits per heavy atom. The molecule has 3 unspecified atom stereocenters. The molecule has 4 aromatic rings. The van der Waals surface area contributed by atoms with E-state index in [1.165, 1.54) is 44.6 Å². The lowest BCUT2D eigenvalue weighted by Crippen LogP contribution is -2.61. The third-order valence-electron chi connectivity index (χ3n) is 13.5. The van der Waals surface area contributed by atoms with Gasteiger partial charge >= 0.3 is 6.01 Å². The van der Waals surface area contributed by atoms with Crippen LogP contribution < -0.4 is 14.4 Å². The van der Waals surface area contributed by atoms with Crippen LogP contribution in [0.1, 0.15) is 77.2 Å². The first-order valence-corrected chi connectivity index (χ1v) is 20.4. The standard InChI is InChI=1S/C43H53F2N5O6/c1-4-29-31(44)10-9-26-18-28(51)19-30(33(26)29)36-35(45)37-34(39(46-36)53-3)38(49-15-17-55-23-41(2,52)22-49)48-40(47-37)56-25-43-12-5-8-32(43)50(14-6-13-43)27-20-42(21-27)11-7-16-54-24-42/h9-10,18-19,27,32,51-52H,4-8,11-17,20-25H2,1-3H3. The molecule has 3 atom stereocenters. The summed E-state index contributed by atoms with van der Waals surface area (Å²) in [6, 6.07) is 6.83. The number of methoxy groups -OCH3 is 1. The summed E-state index contributed by atoms with van der Waals surface area (Å²) in [4.78, 5) is 19.0. The molecule has 56 heavy (non-hydrogen) atoms. The average molecular weight is 774 g/mol. The second kappa shape index (κ2) is 14.5. The molecule has 0 bridgehead atoms. The van der Waals surface area contributed by atoms with E-state index in [0.29, 0.717) is 65.8 Å². The summed E-state index contributed by atoms with van der Waals surface area (Å²) in [6.45, 7) is 7.72. The quantitative estimate of drug-likeness (QED) is 0.193. The molecule has 5 heterocycles. The Morgan fingerprint density at radius 1 is 0.964 bits per heavy atom. The summed E-state index contributed by atoms with van der Waals surface area (Å²) in [6.07, 6.45) is 10.5. The van der Waals surface area contributed by atoms with Crippen LogP contribution in [0.25, 0.3) is 32.9 Å². The van der Waals surface area contributed by atoms with E-state index in [-0.39, 0.29) is 58.4 Å². The first kappa shape index (κ1) is 37.7. The molecular weight excluding hydrogens is 720 g/mol. The SMILES string of the molecule is CCc1c(F)ccc2cc(O)cc(-c3nc(OC)c4c(N5CCOCC(C)(O)C5)nc(OCC56CCCC5N(C5CC7(CCCOC7)C5)CCC6)nc4c3F)c12. The topological polar surface area (TPSA) is 123 Å². The highest BCUT2D eigenvalue weighted by Gasteiger charge is 2.55. The number of hydrogen-bond donors (Lipinski definition) is 2. The molecule has 300 valence electrons. The van der Waals surface area contributed by atoms with Gasteiger partial charge in [-0.3, -0.25) is 4.90 Å². The Labute approximate surface area is 326 Å². The number of nitrogens with zero attached hydrogens (tertiary/aromatic N) is 5. The molecule has 0 amide bonds. The number of ether oxygens (including phenoxy) is 4. The van der Waals surface area contributed by atoms with Crippen molar-refractivity contribution >= 4 is 27.5 Å². The Hall–Kier alpha value is -3.91. The van der Waals surface area contributed by atoms with E-state index in [1.807, 2.05) is 11.8 Å². The van der Waals surface area contributed by atoms with E-state index < -0.39 is 17.2 Å². The van der Waals surface area contributed by atoms with Gasteiger partial charge in [-0.2, -0.15) is 9.97 Å². The summed E-state index contributed by atoms with van der Waals surface area (Å²) in [7, 11) is 1.44. The van der Waals surface area contributed by atoms with E-state index >= 15 is 8.78 Å². The summed E-state index contributed by atoms with van der Waals surface area (Å²) in [5.41, 5.74) is -0.585. The highest BCUT2D eigenvalue weighted by molar-refractivity contribution is 6.03. The smallest absolute Gasteiger partial charge is 0.319 e. The lowest BCUT2D eigenvalue weighted by atomic mass is 9.61. The number of β-amino-alcohol motifs (C(OH)–C–C–N with tert-alkyl or cyclic N) is 1. The van der Waals surface area contributed by atoms with Gasteiger partial charge in [-0.15, -0.1) is 0 Å². The zero-order valence-electron chi connectivity index (χ0n) is 32.7. The monoisotopic (exact) mass is 773 g/mol. The first-order valence-electron chi connectivity index (χ1n) is 20.4. The van der Waals surface area contributed by atoms with Crippen molar-refractivity contribution in [1.82, 2.24) is 19.9 Å². The van der Waals surface area contributed by atoms with Crippen molar-refractivity contribution in [2.24, 2.45) is 10.8 Å². The van der Waals surface area contributed by atoms with Crippen molar-refractivity contribution in [2.75, 3.05) is 64.7 Å². The van der Waals surface area contributed by atoms with E-state index in [2.05, 4.69) is 9.88 Å². The van der Waals surface area contributed by atoms with Gasteiger partial charge in [0.25, 0.3) is 0 Å². The molecule has 13 heteroatoms. The van der Waals surface area contributed by atoms with Gasteiger partial charge in [0.1, 0.15) is 39.6 Å². The van der Waals surface area contributed by atoms with Crippen LogP contribution in [-0.4, -0.2) is 108 Å². The summed E-state index contributed by atoms with van der Waals surface area (Å²) < 4.78 is 56.9. The molecular formula is C43H53F2N5O6. The number of piperidine rings is 1. The van der Waals surface area contributed by atoms with E-state index in [0.717, 1.165) is 58.3 Å². The van der Waals surface area contributed by atoms with Gasteiger partial charge in [0.2, 0.25) is 5.88 Å². The van der Waals surface area contributed by atoms with Crippen LogP contribution in [0.15, 0.2) is 24.3 Å².